The molecule has 0 aliphatic rings. The van der Waals surface area contributed by atoms with Crippen LogP contribution in [0.3, 0.4) is 0 Å². The summed E-state index contributed by atoms with van der Waals surface area (Å²) in [5.41, 5.74) is 1.80. The Morgan fingerprint density at radius 2 is 1.85 bits per heavy atom. The fourth-order valence-electron chi connectivity index (χ4n) is 0.717. The molecule has 0 N–H and O–H groups in total. The van der Waals surface area contributed by atoms with Crippen LogP contribution in [0.5, 0.6) is 0 Å². The monoisotopic (exact) mass is 312 g/mol. The lowest BCUT2D eigenvalue weighted by Gasteiger charge is -2.12. The zero-order valence-corrected chi connectivity index (χ0v) is 11.5. The third kappa shape index (κ3) is 5.58. The van der Waals surface area contributed by atoms with Crippen molar-refractivity contribution in [2.45, 2.75) is 24.2 Å². The Hall–Kier alpha value is 0.310. The van der Waals surface area contributed by atoms with Crippen LogP contribution in [-0.4, -0.2) is 3.42 Å². The topological polar surface area (TPSA) is 0 Å². The molecular weight excluding hydrogens is 297 g/mol. The molecule has 0 spiro atoms. The van der Waals surface area contributed by atoms with E-state index in [1.165, 1.54) is 0 Å². The number of halogens is 2. The molecule has 0 saturated heterocycles. The molecule has 2 atom stereocenters. The number of hydrogen-bond acceptors (Lipinski definition) is 0. The first-order valence-corrected chi connectivity index (χ1v) is 5.72. The maximum absolute atomic E-state index is 13.4. The van der Waals surface area contributed by atoms with E-state index in [1.54, 1.807) is 34.7 Å². The molecule has 0 nitrogen and oxygen atoms in total. The highest BCUT2D eigenvalue weighted by Crippen LogP contribution is 2.37. The third-order valence-electron chi connectivity index (χ3n) is 1.68. The zero-order valence-electron chi connectivity index (χ0n) is 8.14. The van der Waals surface area contributed by atoms with Gasteiger partial charge in [0.25, 0.3) is 0 Å². The Labute approximate surface area is 95.7 Å². The molecule has 3 heteroatoms. The lowest BCUT2D eigenvalue weighted by molar-refractivity contribution is 0.488. The summed E-state index contributed by atoms with van der Waals surface area (Å²) in [6.07, 6.45) is 7.47. The fraction of sp³-hybridized carbons (Fsp3) is 0.400. The second-order valence-electron chi connectivity index (χ2n) is 2.73. The summed E-state index contributed by atoms with van der Waals surface area (Å²) < 4.78 is 12.1. The van der Waals surface area contributed by atoms with E-state index >= 15 is 0 Å². The van der Waals surface area contributed by atoms with Crippen molar-refractivity contribution in [1.29, 1.82) is 0 Å². The molecule has 0 amide bonds. The number of rotatable bonds is 3. The van der Waals surface area contributed by atoms with Gasteiger partial charge in [0.1, 0.15) is 0 Å². The third-order valence-corrected chi connectivity index (χ3v) is 2.63. The van der Waals surface area contributed by atoms with Crippen LogP contribution in [0, 0.1) is 0 Å². The molecule has 0 saturated carbocycles. The maximum Gasteiger partial charge on any atom is 0.197 e. The molecule has 0 aliphatic carbocycles. The van der Waals surface area contributed by atoms with Gasteiger partial charge in [-0.2, -0.15) is 0 Å². The first kappa shape index (κ1) is 13.3. The van der Waals surface area contributed by atoms with E-state index in [0.29, 0.717) is 5.57 Å². The molecule has 0 bridgehead atoms. The molecule has 0 radical (unpaired) electrons. The molecule has 0 aliphatic heterocycles. The second kappa shape index (κ2) is 5.92. The van der Waals surface area contributed by atoms with E-state index in [2.05, 4.69) is 9.24 Å². The van der Waals surface area contributed by atoms with Crippen molar-refractivity contribution in [2.24, 2.45) is 0 Å². The predicted molar refractivity (Wildman–Crippen MR) is 69.9 cm³/mol. The molecular formula is C10H15FIP. The molecule has 0 rings (SSSR count). The van der Waals surface area contributed by atoms with Crippen molar-refractivity contribution in [3.8, 4) is 0 Å². The largest absolute Gasteiger partial charge is 0.223 e. The molecule has 0 fully saturated rings. The Kier molecular flexibility index (Phi) is 6.06. The summed E-state index contributed by atoms with van der Waals surface area (Å²) in [4.78, 5) is 0. The highest BCUT2D eigenvalue weighted by atomic mass is 127. The second-order valence-corrected chi connectivity index (χ2v) is 6.27. The highest BCUT2D eigenvalue weighted by molar-refractivity contribution is 14.1. The summed E-state index contributed by atoms with van der Waals surface area (Å²) >= 11 is 1.75. The normalized spacial score (nSPS) is 19.2. The SMILES string of the molecule is C\C=C(C)/C=C\C(=C\C)C(F)(P)I. The van der Waals surface area contributed by atoms with Gasteiger partial charge in [0.05, 0.1) is 0 Å². The number of allylic oxidation sites excluding steroid dienone is 6. The van der Waals surface area contributed by atoms with Gasteiger partial charge in [-0.15, -0.1) is 0 Å². The quantitative estimate of drug-likeness (QED) is 0.314. The zero-order chi connectivity index (χ0) is 10.5. The average Bonchev–Trinajstić information content (AvgIpc) is 2.02. The Morgan fingerprint density at radius 3 is 2.15 bits per heavy atom. The van der Waals surface area contributed by atoms with Gasteiger partial charge in [-0.25, -0.2) is 4.39 Å². The van der Waals surface area contributed by atoms with Gasteiger partial charge < -0.3 is 0 Å². The van der Waals surface area contributed by atoms with Gasteiger partial charge in [-0.05, 0) is 48.9 Å². The van der Waals surface area contributed by atoms with Crippen molar-refractivity contribution < 1.29 is 4.39 Å². The van der Waals surface area contributed by atoms with Gasteiger partial charge in [0.2, 0.25) is 0 Å². The summed E-state index contributed by atoms with van der Waals surface area (Å²) in [5, 5.41) is 0. The summed E-state index contributed by atoms with van der Waals surface area (Å²) in [6.45, 7) is 5.78. The van der Waals surface area contributed by atoms with Crippen LogP contribution >= 0.6 is 31.8 Å². The van der Waals surface area contributed by atoms with E-state index in [1.807, 2.05) is 32.9 Å². The lowest BCUT2D eigenvalue weighted by atomic mass is 10.2. The van der Waals surface area contributed by atoms with Crippen molar-refractivity contribution in [3.05, 3.63) is 35.5 Å². The number of alkyl halides is 2. The van der Waals surface area contributed by atoms with E-state index in [4.69, 9.17) is 0 Å². The van der Waals surface area contributed by atoms with E-state index in [0.717, 1.165) is 5.57 Å². The Morgan fingerprint density at radius 1 is 1.31 bits per heavy atom. The van der Waals surface area contributed by atoms with Crippen LogP contribution in [0.2, 0.25) is 0 Å². The van der Waals surface area contributed by atoms with Crippen LogP contribution in [0.25, 0.3) is 0 Å². The van der Waals surface area contributed by atoms with Crippen LogP contribution in [0.1, 0.15) is 20.8 Å². The van der Waals surface area contributed by atoms with Gasteiger partial charge in [-0.1, -0.05) is 39.1 Å². The van der Waals surface area contributed by atoms with E-state index in [9.17, 15) is 4.39 Å². The van der Waals surface area contributed by atoms with Crippen molar-refractivity contribution >= 4 is 31.8 Å². The van der Waals surface area contributed by atoms with Gasteiger partial charge in [0.15, 0.2) is 3.42 Å². The summed E-state index contributed by atoms with van der Waals surface area (Å²) in [5.74, 6) is 0. The molecule has 2 unspecified atom stereocenters. The molecule has 0 aromatic heterocycles. The molecule has 74 valence electrons. The fourth-order valence-corrected chi connectivity index (χ4v) is 1.47. The maximum atomic E-state index is 13.4. The van der Waals surface area contributed by atoms with E-state index in [-0.39, 0.29) is 0 Å². The molecule has 13 heavy (non-hydrogen) atoms. The first-order valence-electron chi connectivity index (χ1n) is 4.06. The first-order chi connectivity index (χ1) is 5.91. The van der Waals surface area contributed by atoms with Gasteiger partial charge in [0, 0.05) is 0 Å². The Balaban J connectivity index is 4.60. The minimum Gasteiger partial charge on any atom is -0.223 e. The average molecular weight is 312 g/mol. The predicted octanol–water partition coefficient (Wildman–Crippen LogP) is 4.39. The minimum atomic E-state index is -1.36. The summed E-state index contributed by atoms with van der Waals surface area (Å²) in [6, 6.07) is 0. The van der Waals surface area contributed by atoms with E-state index < -0.39 is 3.42 Å². The minimum absolute atomic E-state index is 0.666. The Bertz CT molecular complexity index is 246. The van der Waals surface area contributed by atoms with Crippen LogP contribution < -0.4 is 0 Å². The molecule has 0 aromatic carbocycles. The van der Waals surface area contributed by atoms with Crippen molar-refractivity contribution in [2.75, 3.05) is 0 Å². The molecule has 0 aromatic rings. The number of hydrogen-bond donors (Lipinski definition) is 0. The smallest absolute Gasteiger partial charge is 0.197 e. The van der Waals surface area contributed by atoms with Crippen molar-refractivity contribution in [3.63, 3.8) is 0 Å². The van der Waals surface area contributed by atoms with Crippen molar-refractivity contribution in [1.82, 2.24) is 0 Å². The van der Waals surface area contributed by atoms with Crippen LogP contribution in [0.4, 0.5) is 4.39 Å². The van der Waals surface area contributed by atoms with Gasteiger partial charge >= 0.3 is 0 Å². The standard InChI is InChI=1S/C10H15FIP/c1-4-8(3)6-7-9(5-2)10(11,12)13/h4-7H,13H2,1-3H3/b7-6-,8-4-,9-5-. The highest BCUT2D eigenvalue weighted by Gasteiger charge is 2.21. The van der Waals surface area contributed by atoms with Gasteiger partial charge in [-0.3, -0.25) is 0 Å². The lowest BCUT2D eigenvalue weighted by Crippen LogP contribution is -2.03. The molecule has 0 heterocycles. The van der Waals surface area contributed by atoms with Crippen LogP contribution in [0.15, 0.2) is 35.5 Å². The summed E-state index contributed by atoms with van der Waals surface area (Å²) in [7, 11) is 2.18. The van der Waals surface area contributed by atoms with Crippen LogP contribution in [-0.2, 0) is 0 Å².